The molecular weight excluding hydrogens is 256 g/mol. The van der Waals surface area contributed by atoms with Crippen LogP contribution in [0.25, 0.3) is 0 Å². The molecule has 0 amide bonds. The van der Waals surface area contributed by atoms with Crippen molar-refractivity contribution in [3.8, 4) is 0 Å². The number of hydrogen-bond donors (Lipinski definition) is 2. The van der Waals surface area contributed by atoms with Gasteiger partial charge in [-0.15, -0.1) is 0 Å². The highest BCUT2D eigenvalue weighted by Crippen LogP contribution is 2.30. The number of thioether (sulfide) groups is 1. The van der Waals surface area contributed by atoms with Crippen molar-refractivity contribution in [2.45, 2.75) is 37.0 Å². The molecule has 0 aromatic carbocycles. The Labute approximate surface area is 111 Å². The molecule has 17 heavy (non-hydrogen) atoms. The maximum absolute atomic E-state index is 5.87. The van der Waals surface area contributed by atoms with E-state index in [1.165, 1.54) is 19.2 Å². The molecule has 4 nitrogen and oxygen atoms in total. The Morgan fingerprint density at radius 3 is 3.06 bits per heavy atom. The summed E-state index contributed by atoms with van der Waals surface area (Å²) < 4.78 is 0. The first-order chi connectivity index (χ1) is 8.20. The molecule has 1 heterocycles. The summed E-state index contributed by atoms with van der Waals surface area (Å²) in [6.07, 6.45) is 8.49. The van der Waals surface area contributed by atoms with Crippen LogP contribution in [0.1, 0.15) is 25.7 Å². The lowest BCUT2D eigenvalue weighted by molar-refractivity contribution is 0.473. The van der Waals surface area contributed by atoms with Crippen molar-refractivity contribution in [2.24, 2.45) is 0 Å². The number of nitrogens with one attached hydrogen (secondary N) is 1. The van der Waals surface area contributed by atoms with Crippen LogP contribution in [-0.4, -0.2) is 27.5 Å². The molecule has 2 atom stereocenters. The Kier molecular flexibility index (Phi) is 4.34. The third-order valence-corrected chi connectivity index (χ3v) is 4.53. The van der Waals surface area contributed by atoms with Gasteiger partial charge in [-0.25, -0.2) is 9.97 Å². The summed E-state index contributed by atoms with van der Waals surface area (Å²) in [5.74, 6) is 0.664. The molecule has 1 aromatic rings. The maximum Gasteiger partial charge on any atom is 0.157 e. The van der Waals surface area contributed by atoms with Crippen molar-refractivity contribution >= 4 is 34.9 Å². The number of nitrogen functional groups attached to an aromatic ring is 1. The molecule has 2 unspecified atom stereocenters. The number of rotatable bonds is 3. The van der Waals surface area contributed by atoms with E-state index in [0.717, 1.165) is 18.1 Å². The first kappa shape index (κ1) is 12.8. The number of anilines is 2. The Morgan fingerprint density at radius 2 is 2.29 bits per heavy atom. The van der Waals surface area contributed by atoms with Crippen molar-refractivity contribution in [3.63, 3.8) is 0 Å². The van der Waals surface area contributed by atoms with Gasteiger partial charge in [-0.2, -0.15) is 11.8 Å². The molecule has 1 aliphatic rings. The van der Waals surface area contributed by atoms with E-state index < -0.39 is 0 Å². The van der Waals surface area contributed by atoms with Crippen molar-refractivity contribution in [1.29, 1.82) is 0 Å². The summed E-state index contributed by atoms with van der Waals surface area (Å²) in [7, 11) is 0. The second-order valence-corrected chi connectivity index (χ2v) is 5.79. The number of aromatic nitrogens is 2. The molecule has 1 saturated carbocycles. The highest BCUT2D eigenvalue weighted by atomic mass is 35.5. The lowest BCUT2D eigenvalue weighted by atomic mass is 9.95. The summed E-state index contributed by atoms with van der Waals surface area (Å²) >= 11 is 7.80. The molecule has 0 saturated heterocycles. The highest BCUT2D eigenvalue weighted by molar-refractivity contribution is 7.99. The van der Waals surface area contributed by atoms with Crippen LogP contribution in [0, 0.1) is 0 Å². The van der Waals surface area contributed by atoms with E-state index in [4.69, 9.17) is 17.3 Å². The van der Waals surface area contributed by atoms with Gasteiger partial charge in [0.05, 0.1) is 0 Å². The van der Waals surface area contributed by atoms with E-state index >= 15 is 0 Å². The van der Waals surface area contributed by atoms with Crippen LogP contribution in [0.4, 0.5) is 11.5 Å². The van der Waals surface area contributed by atoms with Gasteiger partial charge in [0.15, 0.2) is 11.0 Å². The lowest BCUT2D eigenvalue weighted by Crippen LogP contribution is -2.29. The molecule has 0 aliphatic heterocycles. The third-order valence-electron chi connectivity index (χ3n) is 3.14. The van der Waals surface area contributed by atoms with Crippen molar-refractivity contribution in [2.75, 3.05) is 17.3 Å². The monoisotopic (exact) mass is 272 g/mol. The van der Waals surface area contributed by atoms with Gasteiger partial charge in [0, 0.05) is 11.3 Å². The van der Waals surface area contributed by atoms with Crippen LogP contribution < -0.4 is 11.1 Å². The zero-order valence-corrected chi connectivity index (χ0v) is 11.4. The number of hydrogen-bond acceptors (Lipinski definition) is 5. The molecule has 1 aromatic heterocycles. The average molecular weight is 273 g/mol. The van der Waals surface area contributed by atoms with Crippen LogP contribution >= 0.6 is 23.4 Å². The minimum absolute atomic E-state index is 0.319. The first-order valence-corrected chi connectivity index (χ1v) is 7.42. The minimum Gasteiger partial charge on any atom is -0.393 e. The highest BCUT2D eigenvalue weighted by Gasteiger charge is 2.22. The van der Waals surface area contributed by atoms with E-state index in [1.54, 1.807) is 0 Å². The van der Waals surface area contributed by atoms with Crippen LogP contribution in [0.15, 0.2) is 6.33 Å². The molecule has 0 radical (unpaired) electrons. The summed E-state index contributed by atoms with van der Waals surface area (Å²) in [4.78, 5) is 7.99. The quantitative estimate of drug-likeness (QED) is 0.829. The fraction of sp³-hybridized carbons (Fsp3) is 0.636. The maximum atomic E-state index is 5.87. The van der Waals surface area contributed by atoms with Crippen LogP contribution in [0.5, 0.6) is 0 Å². The van der Waals surface area contributed by atoms with Crippen LogP contribution in [0.2, 0.25) is 5.15 Å². The minimum atomic E-state index is 0.319. The van der Waals surface area contributed by atoms with Crippen molar-refractivity contribution in [1.82, 2.24) is 9.97 Å². The Hall–Kier alpha value is -0.680. The van der Waals surface area contributed by atoms with Crippen molar-refractivity contribution < 1.29 is 0 Å². The molecular formula is C11H17ClN4S. The topological polar surface area (TPSA) is 63.8 Å². The Balaban J connectivity index is 2.02. The fourth-order valence-electron chi connectivity index (χ4n) is 2.17. The van der Waals surface area contributed by atoms with E-state index in [2.05, 4.69) is 21.5 Å². The van der Waals surface area contributed by atoms with Gasteiger partial charge in [0.2, 0.25) is 0 Å². The molecule has 2 rings (SSSR count). The summed E-state index contributed by atoms with van der Waals surface area (Å²) in [5, 5.41) is 4.44. The van der Waals surface area contributed by atoms with Gasteiger partial charge >= 0.3 is 0 Å². The zero-order valence-electron chi connectivity index (χ0n) is 9.82. The van der Waals surface area contributed by atoms with E-state index in [9.17, 15) is 0 Å². The predicted octanol–water partition coefficient (Wildman–Crippen LogP) is 2.80. The van der Waals surface area contributed by atoms with Crippen LogP contribution in [0.3, 0.4) is 0 Å². The predicted molar refractivity (Wildman–Crippen MR) is 74.6 cm³/mol. The van der Waals surface area contributed by atoms with Gasteiger partial charge < -0.3 is 11.1 Å². The summed E-state index contributed by atoms with van der Waals surface area (Å²) in [6.45, 7) is 0. The normalized spacial score (nSPS) is 24.6. The van der Waals surface area contributed by atoms with Gasteiger partial charge in [-0.3, -0.25) is 0 Å². The molecule has 3 N–H and O–H groups in total. The molecule has 6 heteroatoms. The first-order valence-electron chi connectivity index (χ1n) is 5.76. The second kappa shape index (κ2) is 5.78. The number of halogens is 1. The lowest BCUT2D eigenvalue weighted by Gasteiger charge is -2.29. The van der Waals surface area contributed by atoms with Gasteiger partial charge in [-0.05, 0) is 25.5 Å². The molecule has 0 spiro atoms. The average Bonchev–Trinajstić information content (AvgIpc) is 2.35. The zero-order chi connectivity index (χ0) is 12.3. The number of nitrogens with zero attached hydrogens (tertiary/aromatic N) is 2. The Morgan fingerprint density at radius 1 is 1.47 bits per heavy atom. The van der Waals surface area contributed by atoms with E-state index in [-0.39, 0.29) is 0 Å². The van der Waals surface area contributed by atoms with Gasteiger partial charge in [0.1, 0.15) is 12.0 Å². The van der Waals surface area contributed by atoms with Gasteiger partial charge in [-0.1, -0.05) is 18.0 Å². The molecule has 0 bridgehead atoms. The fourth-order valence-corrected chi connectivity index (χ4v) is 3.13. The smallest absolute Gasteiger partial charge is 0.157 e. The van der Waals surface area contributed by atoms with Crippen LogP contribution in [-0.2, 0) is 0 Å². The Bertz CT molecular complexity index is 388. The molecule has 1 fully saturated rings. The third kappa shape index (κ3) is 3.16. The standard InChI is InChI=1S/C11H17ClN4S/c1-17-8-4-2-3-7(5-8)16-11-9(13)10(12)14-6-15-11/h6-8H,2-5,13H2,1H3,(H,14,15,16). The number of nitrogens with two attached hydrogens (primary N) is 1. The molecule has 94 valence electrons. The van der Waals surface area contributed by atoms with Gasteiger partial charge in [0.25, 0.3) is 0 Å². The summed E-state index contributed by atoms with van der Waals surface area (Å²) in [5.41, 5.74) is 6.29. The largest absolute Gasteiger partial charge is 0.393 e. The van der Waals surface area contributed by atoms with E-state index in [1.807, 2.05) is 11.8 Å². The van der Waals surface area contributed by atoms with Crippen molar-refractivity contribution in [3.05, 3.63) is 11.5 Å². The molecule has 1 aliphatic carbocycles. The second-order valence-electron chi connectivity index (χ2n) is 4.29. The van der Waals surface area contributed by atoms with E-state index in [0.29, 0.717) is 22.7 Å². The summed E-state index contributed by atoms with van der Waals surface area (Å²) in [6, 6.07) is 0.439. The SMILES string of the molecule is CSC1CCCC(Nc2ncnc(Cl)c2N)C1.